The minimum absolute atomic E-state index is 0.0989. The molecule has 4 heteroatoms. The summed E-state index contributed by atoms with van der Waals surface area (Å²) in [7, 11) is 0. The Balaban J connectivity index is 2.30. The third kappa shape index (κ3) is 3.56. The van der Waals surface area contributed by atoms with Crippen molar-refractivity contribution >= 4 is 15.9 Å². The van der Waals surface area contributed by atoms with E-state index in [4.69, 9.17) is 0 Å². The third-order valence-electron chi connectivity index (χ3n) is 4.01. The van der Waals surface area contributed by atoms with Crippen molar-refractivity contribution in [2.75, 3.05) is 26.2 Å². The number of rotatable bonds is 4. The van der Waals surface area contributed by atoms with Crippen molar-refractivity contribution in [3.05, 3.63) is 34.1 Å². The molecule has 1 aromatic carbocycles. The molecule has 0 amide bonds. The van der Waals surface area contributed by atoms with E-state index in [1.165, 1.54) is 0 Å². The number of halogens is 2. The molecule has 1 aliphatic heterocycles. The SMILES string of the molecule is CCC(C)[C@H](c1ccc(Br)cc1F)N1CCNCC1. The summed E-state index contributed by atoms with van der Waals surface area (Å²) in [6.45, 7) is 8.36. The first kappa shape index (κ1) is 14.9. The van der Waals surface area contributed by atoms with Gasteiger partial charge in [-0.3, -0.25) is 4.90 Å². The molecular formula is C15H22BrFN2. The minimum atomic E-state index is -0.0989. The number of hydrogen-bond donors (Lipinski definition) is 1. The second kappa shape index (κ2) is 6.82. The average molecular weight is 329 g/mol. The molecule has 0 aliphatic carbocycles. The molecule has 1 N–H and O–H groups in total. The monoisotopic (exact) mass is 328 g/mol. The van der Waals surface area contributed by atoms with E-state index in [1.54, 1.807) is 6.07 Å². The zero-order chi connectivity index (χ0) is 13.8. The zero-order valence-corrected chi connectivity index (χ0v) is 13.2. The number of hydrogen-bond acceptors (Lipinski definition) is 2. The van der Waals surface area contributed by atoms with Gasteiger partial charge < -0.3 is 5.32 Å². The smallest absolute Gasteiger partial charge is 0.129 e. The summed E-state index contributed by atoms with van der Waals surface area (Å²) < 4.78 is 15.1. The second-order valence-electron chi connectivity index (χ2n) is 5.28. The van der Waals surface area contributed by atoms with Gasteiger partial charge in [-0.05, 0) is 18.1 Å². The molecule has 1 fully saturated rings. The summed E-state index contributed by atoms with van der Waals surface area (Å²) >= 11 is 3.33. The largest absolute Gasteiger partial charge is 0.314 e. The first-order valence-corrected chi connectivity index (χ1v) is 7.82. The van der Waals surface area contributed by atoms with Gasteiger partial charge >= 0.3 is 0 Å². The first-order chi connectivity index (χ1) is 9.13. The van der Waals surface area contributed by atoms with Crippen LogP contribution in [-0.4, -0.2) is 31.1 Å². The van der Waals surface area contributed by atoms with Crippen LogP contribution in [0.15, 0.2) is 22.7 Å². The summed E-state index contributed by atoms with van der Waals surface area (Å²) in [5.41, 5.74) is 0.833. The van der Waals surface area contributed by atoms with Crippen LogP contribution in [0.5, 0.6) is 0 Å². The first-order valence-electron chi connectivity index (χ1n) is 7.03. The third-order valence-corrected chi connectivity index (χ3v) is 4.50. The molecule has 1 aliphatic rings. The van der Waals surface area contributed by atoms with E-state index in [0.29, 0.717) is 5.92 Å². The minimum Gasteiger partial charge on any atom is -0.314 e. The van der Waals surface area contributed by atoms with Crippen LogP contribution in [0.1, 0.15) is 31.9 Å². The molecule has 106 valence electrons. The summed E-state index contributed by atoms with van der Waals surface area (Å²) in [5, 5.41) is 3.36. The molecule has 1 unspecified atom stereocenters. The Bertz CT molecular complexity index is 419. The molecule has 0 radical (unpaired) electrons. The maximum atomic E-state index is 14.3. The van der Waals surface area contributed by atoms with Crippen molar-refractivity contribution in [1.82, 2.24) is 10.2 Å². The van der Waals surface area contributed by atoms with E-state index in [0.717, 1.165) is 42.6 Å². The summed E-state index contributed by atoms with van der Waals surface area (Å²) in [6, 6.07) is 5.63. The van der Waals surface area contributed by atoms with E-state index in [1.807, 2.05) is 12.1 Å². The van der Waals surface area contributed by atoms with Crippen LogP contribution < -0.4 is 5.32 Å². The van der Waals surface area contributed by atoms with Crippen LogP contribution in [-0.2, 0) is 0 Å². The highest BCUT2D eigenvalue weighted by molar-refractivity contribution is 9.10. The Hall–Kier alpha value is -0.450. The lowest BCUT2D eigenvalue weighted by Gasteiger charge is -2.38. The van der Waals surface area contributed by atoms with Crippen LogP contribution in [0, 0.1) is 11.7 Å². The molecule has 1 aromatic rings. The lowest BCUT2D eigenvalue weighted by atomic mass is 9.90. The van der Waals surface area contributed by atoms with Crippen LogP contribution in [0.4, 0.5) is 4.39 Å². The zero-order valence-electron chi connectivity index (χ0n) is 11.6. The highest BCUT2D eigenvalue weighted by Gasteiger charge is 2.28. The van der Waals surface area contributed by atoms with Gasteiger partial charge in [0, 0.05) is 42.3 Å². The maximum absolute atomic E-state index is 14.3. The van der Waals surface area contributed by atoms with Gasteiger partial charge in [-0.2, -0.15) is 0 Å². The standard InChI is InChI=1S/C15H22BrFN2/c1-3-11(2)15(19-8-6-18-7-9-19)13-5-4-12(16)10-14(13)17/h4-5,10-11,15,18H,3,6-9H2,1-2H3/t11?,15-/m1/s1. The Morgan fingerprint density at radius 1 is 1.37 bits per heavy atom. The summed E-state index contributed by atoms with van der Waals surface area (Å²) in [6.07, 6.45) is 1.06. The molecule has 0 saturated carbocycles. The Morgan fingerprint density at radius 2 is 2.05 bits per heavy atom. The van der Waals surface area contributed by atoms with Gasteiger partial charge in [-0.15, -0.1) is 0 Å². The summed E-state index contributed by atoms with van der Waals surface area (Å²) in [5.74, 6) is 0.354. The van der Waals surface area contributed by atoms with Gasteiger partial charge in [0.15, 0.2) is 0 Å². The van der Waals surface area contributed by atoms with E-state index in [9.17, 15) is 4.39 Å². The number of nitrogens with zero attached hydrogens (tertiary/aromatic N) is 1. The highest BCUT2D eigenvalue weighted by Crippen LogP contribution is 2.33. The maximum Gasteiger partial charge on any atom is 0.129 e. The normalized spacial score (nSPS) is 20.2. The molecule has 0 spiro atoms. The van der Waals surface area contributed by atoms with Crippen molar-refractivity contribution in [3.63, 3.8) is 0 Å². The van der Waals surface area contributed by atoms with Crippen LogP contribution in [0.3, 0.4) is 0 Å². The topological polar surface area (TPSA) is 15.3 Å². The van der Waals surface area contributed by atoms with Crippen molar-refractivity contribution < 1.29 is 4.39 Å². The fourth-order valence-corrected chi connectivity index (χ4v) is 3.12. The predicted octanol–water partition coefficient (Wildman–Crippen LogP) is 3.58. The van der Waals surface area contributed by atoms with Gasteiger partial charge in [0.2, 0.25) is 0 Å². The molecule has 2 atom stereocenters. The van der Waals surface area contributed by atoms with Crippen molar-refractivity contribution in [2.45, 2.75) is 26.3 Å². The lowest BCUT2D eigenvalue weighted by molar-refractivity contribution is 0.125. The number of nitrogens with one attached hydrogen (secondary N) is 1. The van der Waals surface area contributed by atoms with Gasteiger partial charge in [0.05, 0.1) is 0 Å². The Labute approximate surface area is 123 Å². The average Bonchev–Trinajstić information content (AvgIpc) is 2.42. The Kier molecular flexibility index (Phi) is 5.37. The van der Waals surface area contributed by atoms with Crippen LogP contribution in [0.2, 0.25) is 0 Å². The molecule has 0 aromatic heterocycles. The van der Waals surface area contributed by atoms with E-state index in [2.05, 4.69) is 40.0 Å². The van der Waals surface area contributed by atoms with Crippen molar-refractivity contribution in [1.29, 1.82) is 0 Å². The van der Waals surface area contributed by atoms with E-state index >= 15 is 0 Å². The van der Waals surface area contributed by atoms with Gasteiger partial charge in [-0.25, -0.2) is 4.39 Å². The fourth-order valence-electron chi connectivity index (χ4n) is 2.79. The molecule has 1 heterocycles. The molecule has 2 rings (SSSR count). The second-order valence-corrected chi connectivity index (χ2v) is 6.20. The van der Waals surface area contributed by atoms with Crippen molar-refractivity contribution in [2.24, 2.45) is 5.92 Å². The molecule has 2 nitrogen and oxygen atoms in total. The number of piperazine rings is 1. The Morgan fingerprint density at radius 3 is 2.63 bits per heavy atom. The van der Waals surface area contributed by atoms with Crippen LogP contribution in [0.25, 0.3) is 0 Å². The van der Waals surface area contributed by atoms with Crippen LogP contribution >= 0.6 is 15.9 Å². The van der Waals surface area contributed by atoms with Crippen molar-refractivity contribution in [3.8, 4) is 0 Å². The van der Waals surface area contributed by atoms with Gasteiger partial charge in [-0.1, -0.05) is 42.3 Å². The van der Waals surface area contributed by atoms with Gasteiger partial charge in [0.25, 0.3) is 0 Å². The molecule has 1 saturated heterocycles. The highest BCUT2D eigenvalue weighted by atomic mass is 79.9. The molecule has 0 bridgehead atoms. The molecular weight excluding hydrogens is 307 g/mol. The summed E-state index contributed by atoms with van der Waals surface area (Å²) in [4.78, 5) is 2.41. The molecule has 19 heavy (non-hydrogen) atoms. The van der Waals surface area contributed by atoms with E-state index in [-0.39, 0.29) is 11.9 Å². The van der Waals surface area contributed by atoms with E-state index < -0.39 is 0 Å². The predicted molar refractivity (Wildman–Crippen MR) is 80.7 cm³/mol. The quantitative estimate of drug-likeness (QED) is 0.908. The van der Waals surface area contributed by atoms with Gasteiger partial charge in [0.1, 0.15) is 5.82 Å². The number of benzene rings is 1. The fraction of sp³-hybridized carbons (Fsp3) is 0.600. The lowest BCUT2D eigenvalue weighted by Crippen LogP contribution is -2.46.